The van der Waals surface area contributed by atoms with Crippen LogP contribution in [0, 0.1) is 24.2 Å². The number of nitrogens with zero attached hydrogens (tertiary/aromatic N) is 1. The van der Waals surface area contributed by atoms with E-state index in [-0.39, 0.29) is 68.1 Å². The summed E-state index contributed by atoms with van der Waals surface area (Å²) in [6.07, 6.45) is 3.38. The van der Waals surface area contributed by atoms with E-state index in [1.54, 1.807) is 27.7 Å². The van der Waals surface area contributed by atoms with E-state index in [1.165, 1.54) is 12.1 Å². The summed E-state index contributed by atoms with van der Waals surface area (Å²) in [6, 6.07) is -8.66. The van der Waals surface area contributed by atoms with E-state index in [0.717, 1.165) is 38.6 Å². The summed E-state index contributed by atoms with van der Waals surface area (Å²) in [4.78, 5) is 175. The molecule has 84 heavy (non-hydrogen) atoms. The minimum atomic E-state index is -5.40. The molecule has 2 heterocycles. The third kappa shape index (κ3) is 24.2. The lowest BCUT2D eigenvalue weighted by molar-refractivity contribution is -0.142. The van der Waals surface area contributed by atoms with Crippen LogP contribution in [0.5, 0.6) is 5.75 Å². The van der Waals surface area contributed by atoms with E-state index in [1.807, 2.05) is 0 Å². The molecule has 0 saturated carbocycles. The van der Waals surface area contributed by atoms with Gasteiger partial charge in [-0.2, -0.15) is 8.42 Å². The Morgan fingerprint density at radius 2 is 1.40 bits per heavy atom. The molecule has 30 nitrogen and oxygen atoms in total. The van der Waals surface area contributed by atoms with Crippen LogP contribution in [-0.4, -0.2) is 181 Å². The van der Waals surface area contributed by atoms with E-state index >= 15 is 0 Å². The molecule has 2 aliphatic heterocycles. The number of carbonyl (C=O) groups excluding carboxylic acids is 12. The molecule has 2 aliphatic rings. The Morgan fingerprint density at radius 3 is 2.00 bits per heavy atom. The molecule has 2 saturated heterocycles. The second kappa shape index (κ2) is 34.1. The summed E-state index contributed by atoms with van der Waals surface area (Å²) < 4.78 is 39.6. The van der Waals surface area contributed by atoms with Gasteiger partial charge in [0.15, 0.2) is 0 Å². The number of nitrogens with one attached hydrogen (secondary N) is 9. The number of carbonyl (C=O) groups is 13. The first-order chi connectivity index (χ1) is 39.4. The average Bonchev–Trinajstić information content (AvgIpc) is 3.89. The number of nitrogens with two attached hydrogens (primary N) is 3. The molecule has 0 unspecified atom stereocenters. The monoisotopic (exact) mass is 1240 g/mol. The Bertz CT molecular complexity index is 2760. The standard InChI is InChI=1S/C50H72FN13O17S3/c1-6-9-30(43(71)56-22-40(68)69)57-39(67)21-55-44(72)32(18-25(3)4)61-48(76)36-10-8-17-64(36)50(78)35-24-83-82-23-29(52)42(70)59-33(19-27-11-13-28(14-12-27)81-84(51,79)80)47(75)63-41(26(5)7-2)49(77)58-31(15-16-37(53)65)45(73)60-34(20-38(54)66)46(74)62-35/h1,11-14,25-26,29-36,41H,7-10,15-24,52H2,2-5H3,(H2,53,65)(H2,54,66)(H,55,72)(H,56,71)(H,57,67)(H,58,77)(H,59,70)(H,60,73)(H,61,76)(H,62,74)(H,63,75)(H,68,69)/t26-,29-,30-,31-,32-,33-,34-,35-,36-,41-/m0/s1. The molecule has 34 heteroatoms. The normalized spacial score (nSPS) is 22.3. The SMILES string of the molecule is C#CC[C@H](NC(=O)CNC(=O)[C@H](CC(C)C)NC(=O)[C@@H]1CCCN1C(=O)[C@@H]1CSSC[C@H](N)C(=O)N[C@@H](Cc2ccc(OS(=O)(=O)F)cc2)C(=O)N[C@@H]([C@@H](C)CC)C(=O)N[C@@H](CCC(N)=O)C(=O)N[C@@H](CC(N)=O)C(=O)N1)C(=O)NCC(=O)O. The van der Waals surface area contributed by atoms with E-state index in [2.05, 4.69) is 58.0 Å². The summed E-state index contributed by atoms with van der Waals surface area (Å²) in [5, 5.41) is 30.8. The summed E-state index contributed by atoms with van der Waals surface area (Å²) in [6.45, 7) is 5.22. The topological polar surface area (TPSA) is 475 Å². The van der Waals surface area contributed by atoms with Crippen molar-refractivity contribution in [3.63, 3.8) is 0 Å². The molecule has 0 aliphatic carbocycles. The van der Waals surface area contributed by atoms with Gasteiger partial charge in [-0.05, 0) is 55.2 Å². The van der Waals surface area contributed by atoms with Crippen LogP contribution in [-0.2, 0) is 79.3 Å². The molecule has 464 valence electrons. The van der Waals surface area contributed by atoms with Crippen molar-refractivity contribution in [1.82, 2.24) is 52.8 Å². The van der Waals surface area contributed by atoms with Crippen molar-refractivity contribution in [2.24, 2.45) is 29.0 Å². The highest BCUT2D eigenvalue weighted by atomic mass is 33.1. The number of primary amides is 2. The van der Waals surface area contributed by atoms with Crippen LogP contribution >= 0.6 is 21.6 Å². The third-order valence-electron chi connectivity index (χ3n) is 12.8. The molecule has 0 bridgehead atoms. The maximum atomic E-state index is 14.7. The van der Waals surface area contributed by atoms with Crippen LogP contribution in [0.15, 0.2) is 24.3 Å². The highest BCUT2D eigenvalue weighted by molar-refractivity contribution is 8.76. The van der Waals surface area contributed by atoms with Gasteiger partial charge in [-0.3, -0.25) is 62.3 Å². The maximum Gasteiger partial charge on any atom is 0.488 e. The number of terminal acetylenes is 1. The van der Waals surface area contributed by atoms with Crippen molar-refractivity contribution in [2.45, 2.75) is 140 Å². The predicted octanol–water partition coefficient (Wildman–Crippen LogP) is -4.50. The van der Waals surface area contributed by atoms with E-state index in [0.29, 0.717) is 0 Å². The van der Waals surface area contributed by atoms with Crippen LogP contribution in [0.3, 0.4) is 0 Å². The van der Waals surface area contributed by atoms with Gasteiger partial charge in [0.25, 0.3) is 0 Å². The number of hydrogen-bond acceptors (Lipinski definition) is 19. The van der Waals surface area contributed by atoms with Crippen LogP contribution in [0.2, 0.25) is 0 Å². The lowest BCUT2D eigenvalue weighted by Crippen LogP contribution is -2.61. The third-order valence-corrected chi connectivity index (χ3v) is 15.7. The molecule has 0 aromatic heterocycles. The number of rotatable bonds is 24. The van der Waals surface area contributed by atoms with Gasteiger partial charge in [0.05, 0.1) is 19.0 Å². The summed E-state index contributed by atoms with van der Waals surface area (Å²) in [5.74, 6) is -12.5. The smallest absolute Gasteiger partial charge is 0.480 e. The predicted molar refractivity (Wildman–Crippen MR) is 300 cm³/mol. The first kappa shape index (κ1) is 70.5. The summed E-state index contributed by atoms with van der Waals surface area (Å²) in [7, 11) is -3.54. The molecular formula is C50H72FN13O17S3. The highest BCUT2D eigenvalue weighted by Crippen LogP contribution is 2.26. The largest absolute Gasteiger partial charge is 0.488 e. The van der Waals surface area contributed by atoms with Gasteiger partial charge in [0.2, 0.25) is 70.9 Å². The lowest BCUT2D eigenvalue weighted by Gasteiger charge is -2.31. The number of aliphatic carboxylic acids is 1. The fraction of sp³-hybridized carbons (Fsp3) is 0.580. The Kier molecular flexibility index (Phi) is 28.6. The van der Waals surface area contributed by atoms with Crippen LogP contribution in [0.4, 0.5) is 3.89 Å². The Hall–Kier alpha value is -7.77. The number of likely N-dealkylation sites (tertiary alicyclic amines) is 1. The number of carboxylic acids is 1. The van der Waals surface area contributed by atoms with Crippen molar-refractivity contribution in [3.8, 4) is 18.1 Å². The zero-order valence-electron chi connectivity index (χ0n) is 46.4. The molecular weight excluding hydrogens is 1170 g/mol. The van der Waals surface area contributed by atoms with E-state index in [4.69, 9.17) is 28.7 Å². The van der Waals surface area contributed by atoms with Gasteiger partial charge in [-0.15, -0.1) is 12.3 Å². The molecule has 12 amide bonds. The zero-order valence-corrected chi connectivity index (χ0v) is 48.8. The van der Waals surface area contributed by atoms with Gasteiger partial charge < -0.3 is 79.2 Å². The van der Waals surface area contributed by atoms with Crippen molar-refractivity contribution >= 4 is 109 Å². The van der Waals surface area contributed by atoms with Gasteiger partial charge in [0.1, 0.15) is 60.6 Å². The molecule has 16 N–H and O–H groups in total. The fourth-order valence-electron chi connectivity index (χ4n) is 8.36. The van der Waals surface area contributed by atoms with Crippen molar-refractivity contribution in [1.29, 1.82) is 0 Å². The molecule has 0 spiro atoms. The number of benzene rings is 1. The molecule has 1 aromatic carbocycles. The molecule has 2 fully saturated rings. The second-order valence-electron chi connectivity index (χ2n) is 20.0. The minimum Gasteiger partial charge on any atom is -0.480 e. The van der Waals surface area contributed by atoms with Gasteiger partial charge in [-0.25, -0.2) is 0 Å². The molecule has 1 aromatic rings. The molecule has 3 rings (SSSR count). The summed E-state index contributed by atoms with van der Waals surface area (Å²) in [5.41, 5.74) is 17.5. The van der Waals surface area contributed by atoms with Gasteiger partial charge in [0, 0.05) is 37.3 Å². The number of amides is 12. The molecule has 0 radical (unpaired) electrons. The Balaban J connectivity index is 2.01. The zero-order chi connectivity index (χ0) is 63.0. The quantitative estimate of drug-likeness (QED) is 0.0264. The van der Waals surface area contributed by atoms with Gasteiger partial charge in [-0.1, -0.05) is 71.7 Å². The lowest BCUT2D eigenvalue weighted by atomic mass is 9.96. The molecule has 10 atom stereocenters. The highest BCUT2D eigenvalue weighted by Gasteiger charge is 2.41. The maximum absolute atomic E-state index is 14.7. The number of halogens is 1. The average molecular weight is 1240 g/mol. The Morgan fingerprint density at radius 1 is 0.810 bits per heavy atom. The van der Waals surface area contributed by atoms with Crippen molar-refractivity contribution < 1.29 is 83.9 Å². The van der Waals surface area contributed by atoms with Crippen LogP contribution in [0.1, 0.15) is 84.6 Å². The van der Waals surface area contributed by atoms with Crippen molar-refractivity contribution in [2.75, 3.05) is 31.1 Å². The first-order valence-electron chi connectivity index (χ1n) is 26.4. The van der Waals surface area contributed by atoms with E-state index in [9.17, 15) is 74.6 Å². The second-order valence-corrected chi connectivity index (χ2v) is 23.5. The first-order valence-corrected chi connectivity index (χ1v) is 30.1. The fourth-order valence-corrected chi connectivity index (χ4v) is 11.0. The van der Waals surface area contributed by atoms with E-state index < -0.39 is 186 Å². The van der Waals surface area contributed by atoms with Crippen LogP contribution in [0.25, 0.3) is 0 Å². The Labute approximate surface area is 491 Å². The number of hydrogen-bond donors (Lipinski definition) is 13. The summed E-state index contributed by atoms with van der Waals surface area (Å²) >= 11 is 0. The van der Waals surface area contributed by atoms with Gasteiger partial charge >= 0.3 is 16.5 Å². The number of carboxylic acid groups (broad SMARTS) is 1. The van der Waals surface area contributed by atoms with Crippen molar-refractivity contribution in [3.05, 3.63) is 29.8 Å². The van der Waals surface area contributed by atoms with Crippen LogP contribution < -0.4 is 69.2 Å². The minimum absolute atomic E-state index is 0.0261.